The van der Waals surface area contributed by atoms with Gasteiger partial charge in [0.25, 0.3) is 0 Å². The van der Waals surface area contributed by atoms with Gasteiger partial charge in [-0.05, 0) is 44.5 Å². The molecule has 1 aromatic carbocycles. The van der Waals surface area contributed by atoms with E-state index < -0.39 is 0 Å². The Labute approximate surface area is 148 Å². The van der Waals surface area contributed by atoms with E-state index in [9.17, 15) is 0 Å². The van der Waals surface area contributed by atoms with Crippen molar-refractivity contribution in [1.29, 1.82) is 0 Å². The van der Waals surface area contributed by atoms with Gasteiger partial charge in [-0.3, -0.25) is 0 Å². The van der Waals surface area contributed by atoms with E-state index in [1.807, 2.05) is 37.3 Å². The predicted octanol–water partition coefficient (Wildman–Crippen LogP) is 4.42. The zero-order valence-corrected chi connectivity index (χ0v) is 14.8. The van der Waals surface area contributed by atoms with E-state index in [1.54, 1.807) is 0 Å². The number of hydrogen-bond acceptors (Lipinski definition) is 3. The van der Waals surface area contributed by atoms with Crippen molar-refractivity contribution in [3.63, 3.8) is 0 Å². The van der Waals surface area contributed by atoms with Gasteiger partial charge in [-0.15, -0.1) is 24.8 Å². The second-order valence-corrected chi connectivity index (χ2v) is 5.74. The third-order valence-corrected chi connectivity index (χ3v) is 3.89. The van der Waals surface area contributed by atoms with Gasteiger partial charge in [0.05, 0.1) is 5.69 Å². The first-order valence-corrected chi connectivity index (χ1v) is 7.42. The first-order chi connectivity index (χ1) is 9.72. The maximum atomic E-state index is 6.07. The fourth-order valence-corrected chi connectivity index (χ4v) is 2.83. The van der Waals surface area contributed by atoms with Gasteiger partial charge < -0.3 is 5.32 Å². The molecule has 120 valence electrons. The lowest BCUT2D eigenvalue weighted by atomic mass is 9.98. The van der Waals surface area contributed by atoms with Crippen LogP contribution < -0.4 is 5.32 Å². The van der Waals surface area contributed by atoms with Crippen LogP contribution in [-0.2, 0) is 0 Å². The number of nitrogens with one attached hydrogen (secondary N) is 1. The quantitative estimate of drug-likeness (QED) is 0.861. The Morgan fingerprint density at radius 1 is 1.18 bits per heavy atom. The highest BCUT2D eigenvalue weighted by Crippen LogP contribution is 2.25. The van der Waals surface area contributed by atoms with Crippen LogP contribution in [0, 0.1) is 6.92 Å². The molecule has 22 heavy (non-hydrogen) atoms. The summed E-state index contributed by atoms with van der Waals surface area (Å²) in [6.07, 6.45) is 2.35. The van der Waals surface area contributed by atoms with Crippen molar-refractivity contribution in [2.75, 3.05) is 13.1 Å². The number of nitrogens with zero attached hydrogens (tertiary/aromatic N) is 2. The van der Waals surface area contributed by atoms with Crippen LogP contribution in [0.5, 0.6) is 0 Å². The molecule has 3 rings (SSSR count). The van der Waals surface area contributed by atoms with E-state index in [4.69, 9.17) is 16.6 Å². The Kier molecular flexibility index (Phi) is 7.57. The number of rotatable bonds is 2. The summed E-state index contributed by atoms with van der Waals surface area (Å²) in [5.41, 5.74) is 3.02. The Morgan fingerprint density at radius 2 is 2.00 bits per heavy atom. The molecule has 1 fully saturated rings. The molecule has 1 unspecified atom stereocenters. The highest BCUT2D eigenvalue weighted by atomic mass is 35.5. The summed E-state index contributed by atoms with van der Waals surface area (Å²) >= 11 is 6.07. The van der Waals surface area contributed by atoms with E-state index in [2.05, 4.69) is 10.3 Å². The van der Waals surface area contributed by atoms with Crippen LogP contribution >= 0.6 is 36.4 Å². The van der Waals surface area contributed by atoms with Gasteiger partial charge in [-0.2, -0.15) is 0 Å². The summed E-state index contributed by atoms with van der Waals surface area (Å²) in [6, 6.07) is 9.84. The van der Waals surface area contributed by atoms with E-state index in [0.29, 0.717) is 5.92 Å². The highest BCUT2D eigenvalue weighted by molar-refractivity contribution is 6.30. The Bertz CT molecular complexity index is 613. The molecule has 1 N–H and O–H groups in total. The average molecular weight is 361 g/mol. The third kappa shape index (κ3) is 4.56. The topological polar surface area (TPSA) is 37.8 Å². The molecule has 0 amide bonds. The average Bonchev–Trinajstić information content (AvgIpc) is 2.47. The standard InChI is InChI=1S/C16H18ClN3.2ClH/c1-11-8-15(12-4-2-6-14(17)9-12)20-16(19-11)13-5-3-7-18-10-13;;/h2,4,6,8-9,13,18H,3,5,7,10H2,1H3;2*1H. The minimum Gasteiger partial charge on any atom is -0.316 e. The van der Waals surface area contributed by atoms with Crippen LogP contribution in [0.3, 0.4) is 0 Å². The maximum absolute atomic E-state index is 6.07. The summed E-state index contributed by atoms with van der Waals surface area (Å²) in [5, 5.41) is 4.16. The lowest BCUT2D eigenvalue weighted by molar-refractivity contribution is 0.446. The zero-order valence-electron chi connectivity index (χ0n) is 12.4. The maximum Gasteiger partial charge on any atom is 0.133 e. The molecule has 1 atom stereocenters. The fraction of sp³-hybridized carbons (Fsp3) is 0.375. The van der Waals surface area contributed by atoms with Crippen molar-refractivity contribution < 1.29 is 0 Å². The van der Waals surface area contributed by atoms with E-state index >= 15 is 0 Å². The predicted molar refractivity (Wildman–Crippen MR) is 96.6 cm³/mol. The van der Waals surface area contributed by atoms with Gasteiger partial charge in [0.2, 0.25) is 0 Å². The fourth-order valence-electron chi connectivity index (χ4n) is 2.64. The van der Waals surface area contributed by atoms with Crippen LogP contribution in [-0.4, -0.2) is 23.1 Å². The number of piperidine rings is 1. The van der Waals surface area contributed by atoms with Gasteiger partial charge in [0.1, 0.15) is 5.82 Å². The van der Waals surface area contributed by atoms with Crippen LogP contribution in [0.25, 0.3) is 11.3 Å². The normalized spacial score (nSPS) is 17.3. The molecule has 0 saturated carbocycles. The SMILES string of the molecule is Cc1cc(-c2cccc(Cl)c2)nc(C2CCCNC2)n1.Cl.Cl. The molecule has 0 bridgehead atoms. The van der Waals surface area contributed by atoms with Crippen molar-refractivity contribution >= 4 is 36.4 Å². The van der Waals surface area contributed by atoms with Crippen molar-refractivity contribution in [3.8, 4) is 11.3 Å². The van der Waals surface area contributed by atoms with Crippen molar-refractivity contribution in [1.82, 2.24) is 15.3 Å². The number of hydrogen-bond donors (Lipinski definition) is 1. The lowest BCUT2D eigenvalue weighted by Gasteiger charge is -2.22. The molecule has 1 saturated heterocycles. The Balaban J connectivity index is 0.00000121. The Morgan fingerprint density at radius 3 is 2.68 bits per heavy atom. The summed E-state index contributed by atoms with van der Waals surface area (Å²) in [5.74, 6) is 1.37. The number of halogens is 3. The largest absolute Gasteiger partial charge is 0.316 e. The number of aromatic nitrogens is 2. The first kappa shape index (κ1) is 19.2. The number of aryl methyl sites for hydroxylation is 1. The van der Waals surface area contributed by atoms with Crippen LogP contribution in [0.1, 0.15) is 30.3 Å². The third-order valence-electron chi connectivity index (χ3n) is 3.65. The molecule has 1 aromatic heterocycles. The van der Waals surface area contributed by atoms with Crippen molar-refractivity contribution in [2.24, 2.45) is 0 Å². The van der Waals surface area contributed by atoms with Gasteiger partial charge in [-0.25, -0.2) is 9.97 Å². The lowest BCUT2D eigenvalue weighted by Crippen LogP contribution is -2.29. The molecule has 0 spiro atoms. The highest BCUT2D eigenvalue weighted by Gasteiger charge is 2.19. The molecule has 6 heteroatoms. The molecule has 0 radical (unpaired) electrons. The zero-order chi connectivity index (χ0) is 13.9. The second kappa shape index (κ2) is 8.68. The van der Waals surface area contributed by atoms with Crippen LogP contribution in [0.15, 0.2) is 30.3 Å². The minimum atomic E-state index is 0. The van der Waals surface area contributed by atoms with Gasteiger partial charge in [0.15, 0.2) is 0 Å². The smallest absolute Gasteiger partial charge is 0.133 e. The molecule has 0 aliphatic carbocycles. The summed E-state index contributed by atoms with van der Waals surface area (Å²) < 4.78 is 0. The monoisotopic (exact) mass is 359 g/mol. The van der Waals surface area contributed by atoms with Gasteiger partial charge in [0, 0.05) is 28.7 Å². The Hall–Kier alpha value is -0.870. The van der Waals surface area contributed by atoms with E-state index in [0.717, 1.165) is 47.3 Å². The molecule has 1 aliphatic rings. The van der Waals surface area contributed by atoms with E-state index in [1.165, 1.54) is 6.42 Å². The molecular formula is C16H20Cl3N3. The van der Waals surface area contributed by atoms with E-state index in [-0.39, 0.29) is 24.8 Å². The van der Waals surface area contributed by atoms with Gasteiger partial charge >= 0.3 is 0 Å². The van der Waals surface area contributed by atoms with Crippen LogP contribution in [0.2, 0.25) is 5.02 Å². The molecule has 1 aliphatic heterocycles. The summed E-state index contributed by atoms with van der Waals surface area (Å²) in [6.45, 7) is 4.09. The second-order valence-electron chi connectivity index (χ2n) is 5.31. The summed E-state index contributed by atoms with van der Waals surface area (Å²) in [7, 11) is 0. The first-order valence-electron chi connectivity index (χ1n) is 7.04. The molecule has 2 heterocycles. The van der Waals surface area contributed by atoms with Crippen molar-refractivity contribution in [3.05, 3.63) is 46.9 Å². The van der Waals surface area contributed by atoms with Crippen LogP contribution in [0.4, 0.5) is 0 Å². The summed E-state index contributed by atoms with van der Waals surface area (Å²) in [4.78, 5) is 9.38. The van der Waals surface area contributed by atoms with Crippen molar-refractivity contribution in [2.45, 2.75) is 25.7 Å². The minimum absolute atomic E-state index is 0. The van der Waals surface area contributed by atoms with Gasteiger partial charge in [-0.1, -0.05) is 23.7 Å². The molecule has 3 nitrogen and oxygen atoms in total. The molecule has 2 aromatic rings. The number of benzene rings is 1. The molecular weight excluding hydrogens is 341 g/mol.